The molecule has 6 nitrogen and oxygen atoms in total. The average molecular weight is 565 g/mol. The molecular formula is C38H24N6. The second-order valence-corrected chi connectivity index (χ2v) is 10.9. The molecule has 44 heavy (non-hydrogen) atoms. The summed E-state index contributed by atoms with van der Waals surface area (Å²) in [6, 6.07) is 42.2. The Morgan fingerprint density at radius 3 is 1.73 bits per heavy atom. The van der Waals surface area contributed by atoms with E-state index in [1.54, 1.807) is 12.4 Å². The molecule has 0 unspecified atom stereocenters. The summed E-state index contributed by atoms with van der Waals surface area (Å²) in [7, 11) is 0. The van der Waals surface area contributed by atoms with E-state index in [9.17, 15) is 0 Å². The fourth-order valence-electron chi connectivity index (χ4n) is 6.45. The summed E-state index contributed by atoms with van der Waals surface area (Å²) in [5, 5.41) is 13.1. The molecule has 0 radical (unpaired) electrons. The van der Waals surface area contributed by atoms with Crippen molar-refractivity contribution < 1.29 is 0 Å². The van der Waals surface area contributed by atoms with Gasteiger partial charge in [-0.2, -0.15) is 0 Å². The largest absolute Gasteiger partial charge is 0.307 e. The van der Waals surface area contributed by atoms with Crippen LogP contribution in [-0.2, 0) is 0 Å². The molecule has 5 aromatic heterocycles. The van der Waals surface area contributed by atoms with Gasteiger partial charge in [0.05, 0.1) is 21.9 Å². The zero-order chi connectivity index (χ0) is 29.0. The predicted molar refractivity (Wildman–Crippen MR) is 177 cm³/mol. The lowest BCUT2D eigenvalue weighted by Crippen LogP contribution is -1.99. The van der Waals surface area contributed by atoms with Crippen LogP contribution in [0.2, 0.25) is 0 Å². The van der Waals surface area contributed by atoms with E-state index in [1.807, 2.05) is 30.6 Å². The lowest BCUT2D eigenvalue weighted by atomic mass is 9.99. The standard InChI is InChI=1S/C38H24N6/c1-2-12-29(13-3-1)43-34-17-7-5-15-32(34)36-37(43)35-31-14-4-6-16-33(31)44(38(35)42-41-36)30-21-27(25-10-8-18-39-23-25)20-28(22-30)26-11-9-19-40-24-26/h1-24H. The van der Waals surface area contributed by atoms with Gasteiger partial charge in [0.2, 0.25) is 0 Å². The smallest absolute Gasteiger partial charge is 0.170 e. The van der Waals surface area contributed by atoms with Crippen LogP contribution in [0.1, 0.15) is 0 Å². The molecule has 4 aromatic carbocycles. The summed E-state index contributed by atoms with van der Waals surface area (Å²) in [4.78, 5) is 8.81. The number of rotatable bonds is 4. The number of para-hydroxylation sites is 3. The Labute approximate surface area is 252 Å². The highest BCUT2D eigenvalue weighted by molar-refractivity contribution is 6.23. The van der Waals surface area contributed by atoms with Crippen molar-refractivity contribution in [3.8, 4) is 33.6 Å². The van der Waals surface area contributed by atoms with Crippen molar-refractivity contribution in [2.24, 2.45) is 0 Å². The quantitative estimate of drug-likeness (QED) is 0.214. The summed E-state index contributed by atoms with van der Waals surface area (Å²) in [5.41, 5.74) is 11.2. The third-order valence-electron chi connectivity index (χ3n) is 8.36. The first-order valence-electron chi connectivity index (χ1n) is 14.6. The fraction of sp³-hybridized carbons (Fsp3) is 0. The second kappa shape index (κ2) is 9.71. The maximum absolute atomic E-state index is 4.96. The van der Waals surface area contributed by atoms with Crippen molar-refractivity contribution in [1.82, 2.24) is 29.3 Å². The van der Waals surface area contributed by atoms with Gasteiger partial charge >= 0.3 is 0 Å². The van der Waals surface area contributed by atoms with E-state index in [-0.39, 0.29) is 0 Å². The minimum atomic E-state index is 0.805. The molecule has 5 heterocycles. The van der Waals surface area contributed by atoms with Gasteiger partial charge in [0.1, 0.15) is 5.52 Å². The van der Waals surface area contributed by atoms with Crippen LogP contribution in [-0.4, -0.2) is 29.3 Å². The Bertz CT molecular complexity index is 2420. The molecule has 9 rings (SSSR count). The van der Waals surface area contributed by atoms with Gasteiger partial charge in [-0.15, -0.1) is 10.2 Å². The van der Waals surface area contributed by atoms with Crippen molar-refractivity contribution in [2.45, 2.75) is 0 Å². The Kier molecular flexibility index (Phi) is 5.40. The number of benzene rings is 4. The molecule has 0 saturated heterocycles. The maximum atomic E-state index is 4.96. The molecule has 206 valence electrons. The van der Waals surface area contributed by atoms with Crippen molar-refractivity contribution >= 4 is 43.9 Å². The minimum Gasteiger partial charge on any atom is -0.307 e. The van der Waals surface area contributed by atoms with Crippen LogP contribution in [0.5, 0.6) is 0 Å². The van der Waals surface area contributed by atoms with E-state index in [4.69, 9.17) is 10.2 Å². The second-order valence-electron chi connectivity index (χ2n) is 10.9. The number of aromatic nitrogens is 6. The minimum absolute atomic E-state index is 0.805. The third kappa shape index (κ3) is 3.68. The third-order valence-corrected chi connectivity index (χ3v) is 8.36. The molecule has 6 heteroatoms. The van der Waals surface area contributed by atoms with Crippen molar-refractivity contribution in [2.75, 3.05) is 0 Å². The van der Waals surface area contributed by atoms with Crippen LogP contribution < -0.4 is 0 Å². The van der Waals surface area contributed by atoms with Crippen LogP contribution in [0, 0.1) is 0 Å². The topological polar surface area (TPSA) is 61.4 Å². The van der Waals surface area contributed by atoms with Crippen LogP contribution in [0.15, 0.2) is 146 Å². The van der Waals surface area contributed by atoms with Crippen LogP contribution >= 0.6 is 0 Å². The highest BCUT2D eigenvalue weighted by atomic mass is 15.2. The van der Waals surface area contributed by atoms with E-state index in [0.717, 1.165) is 77.5 Å². The molecule has 9 aromatic rings. The summed E-state index contributed by atoms with van der Waals surface area (Å²) in [6.07, 6.45) is 7.41. The van der Waals surface area contributed by atoms with E-state index >= 15 is 0 Å². The molecular weight excluding hydrogens is 540 g/mol. The predicted octanol–water partition coefficient (Wildman–Crippen LogP) is 8.79. The molecule has 0 aliphatic heterocycles. The molecule has 0 bridgehead atoms. The molecule has 0 aliphatic carbocycles. The zero-order valence-electron chi connectivity index (χ0n) is 23.5. The molecule has 0 saturated carbocycles. The zero-order valence-corrected chi connectivity index (χ0v) is 23.5. The highest BCUT2D eigenvalue weighted by Crippen LogP contribution is 2.41. The van der Waals surface area contributed by atoms with E-state index < -0.39 is 0 Å². The SMILES string of the molecule is c1ccc(-n2c3ccccc3c3nnc4c(c5ccccc5n4-c4cc(-c5cccnc5)cc(-c5cccnc5)c4)c32)cc1. The maximum Gasteiger partial charge on any atom is 0.170 e. The first-order valence-corrected chi connectivity index (χ1v) is 14.6. The number of pyridine rings is 2. The Hall–Kier alpha value is -6.14. The van der Waals surface area contributed by atoms with E-state index in [1.165, 1.54) is 0 Å². The van der Waals surface area contributed by atoms with Gasteiger partial charge in [-0.3, -0.25) is 14.5 Å². The Morgan fingerprint density at radius 1 is 0.455 bits per heavy atom. The summed E-state index contributed by atoms with van der Waals surface area (Å²) in [6.45, 7) is 0. The summed E-state index contributed by atoms with van der Waals surface area (Å²) in [5.74, 6) is 0. The first-order chi connectivity index (χ1) is 21.8. The molecule has 0 N–H and O–H groups in total. The summed E-state index contributed by atoms with van der Waals surface area (Å²) < 4.78 is 4.56. The average Bonchev–Trinajstić information content (AvgIpc) is 3.62. The van der Waals surface area contributed by atoms with Crippen molar-refractivity contribution in [3.63, 3.8) is 0 Å². The molecule has 0 spiro atoms. The van der Waals surface area contributed by atoms with Gasteiger partial charge in [-0.1, -0.05) is 66.7 Å². The lowest BCUT2D eigenvalue weighted by Gasteiger charge is -2.13. The highest BCUT2D eigenvalue weighted by Gasteiger charge is 2.23. The fourth-order valence-corrected chi connectivity index (χ4v) is 6.45. The van der Waals surface area contributed by atoms with E-state index in [0.29, 0.717) is 0 Å². The van der Waals surface area contributed by atoms with Crippen LogP contribution in [0.3, 0.4) is 0 Å². The molecule has 0 atom stereocenters. The molecule has 0 fully saturated rings. The van der Waals surface area contributed by atoms with E-state index in [2.05, 4.69) is 122 Å². The monoisotopic (exact) mass is 564 g/mol. The van der Waals surface area contributed by atoms with Gasteiger partial charge in [0, 0.05) is 58.1 Å². The van der Waals surface area contributed by atoms with Gasteiger partial charge in [0.25, 0.3) is 0 Å². The van der Waals surface area contributed by atoms with Gasteiger partial charge in [-0.25, -0.2) is 0 Å². The van der Waals surface area contributed by atoms with Crippen LogP contribution in [0.4, 0.5) is 0 Å². The normalized spacial score (nSPS) is 11.6. The number of fused-ring (bicyclic) bond motifs is 7. The van der Waals surface area contributed by atoms with Crippen molar-refractivity contribution in [3.05, 3.63) is 146 Å². The number of hydrogen-bond donors (Lipinski definition) is 0. The number of hydrogen-bond acceptors (Lipinski definition) is 4. The van der Waals surface area contributed by atoms with Gasteiger partial charge in [-0.05, 0) is 65.7 Å². The number of nitrogens with zero attached hydrogens (tertiary/aromatic N) is 6. The van der Waals surface area contributed by atoms with Crippen LogP contribution in [0.25, 0.3) is 77.5 Å². The first kappa shape index (κ1) is 24.5. The summed E-state index contributed by atoms with van der Waals surface area (Å²) >= 11 is 0. The Morgan fingerprint density at radius 2 is 1.07 bits per heavy atom. The Balaban J connectivity index is 1.43. The lowest BCUT2D eigenvalue weighted by molar-refractivity contribution is 1.05. The van der Waals surface area contributed by atoms with Gasteiger partial charge < -0.3 is 4.57 Å². The van der Waals surface area contributed by atoms with Crippen molar-refractivity contribution in [1.29, 1.82) is 0 Å². The molecule has 0 aliphatic rings. The molecule has 0 amide bonds. The van der Waals surface area contributed by atoms with Gasteiger partial charge in [0.15, 0.2) is 5.65 Å².